The van der Waals surface area contributed by atoms with Crippen LogP contribution in [0.2, 0.25) is 5.02 Å². The minimum Gasteiger partial charge on any atom is -0.376 e. The minimum absolute atomic E-state index is 0.00377. The first-order valence-electron chi connectivity index (χ1n) is 9.68. The largest absolute Gasteiger partial charge is 0.376 e. The molecule has 2 saturated heterocycles. The van der Waals surface area contributed by atoms with E-state index in [1.165, 1.54) is 0 Å². The molecule has 2 heterocycles. The number of ether oxygens (including phenoxy) is 1. The Kier molecular flexibility index (Phi) is 6.96. The highest BCUT2D eigenvalue weighted by atomic mass is 35.5. The highest BCUT2D eigenvalue weighted by molar-refractivity contribution is 6.30. The number of amides is 2. The lowest BCUT2D eigenvalue weighted by molar-refractivity contribution is -0.134. The second-order valence-electron chi connectivity index (χ2n) is 7.20. The van der Waals surface area contributed by atoms with Gasteiger partial charge in [-0.1, -0.05) is 17.7 Å². The molecule has 2 fully saturated rings. The van der Waals surface area contributed by atoms with Gasteiger partial charge in [0.05, 0.1) is 6.10 Å². The van der Waals surface area contributed by atoms with E-state index in [4.69, 9.17) is 16.3 Å². The summed E-state index contributed by atoms with van der Waals surface area (Å²) < 4.78 is 5.61. The van der Waals surface area contributed by atoms with Crippen molar-refractivity contribution in [2.24, 2.45) is 0 Å². The predicted octanol–water partition coefficient (Wildman–Crippen LogP) is 2.41. The molecular weight excluding hydrogens is 366 g/mol. The minimum atomic E-state index is 0.00377. The molecule has 1 atom stereocenters. The van der Waals surface area contributed by atoms with Crippen LogP contribution >= 0.6 is 11.6 Å². The molecule has 7 heteroatoms. The van der Waals surface area contributed by atoms with E-state index in [1.807, 2.05) is 29.2 Å². The summed E-state index contributed by atoms with van der Waals surface area (Å²) in [5.41, 5.74) is 1.09. The molecule has 0 aliphatic carbocycles. The van der Waals surface area contributed by atoms with Gasteiger partial charge in [0.25, 0.3) is 0 Å². The molecule has 0 bridgehead atoms. The van der Waals surface area contributed by atoms with Crippen LogP contribution in [0.1, 0.15) is 26.2 Å². The molecule has 2 aliphatic rings. The summed E-state index contributed by atoms with van der Waals surface area (Å²) in [4.78, 5) is 30.3. The summed E-state index contributed by atoms with van der Waals surface area (Å²) in [6.07, 6.45) is 2.52. The highest BCUT2D eigenvalue weighted by Gasteiger charge is 2.24. The molecule has 1 unspecified atom stereocenters. The molecule has 3 rings (SSSR count). The first kappa shape index (κ1) is 20.0. The van der Waals surface area contributed by atoms with Gasteiger partial charge < -0.3 is 19.4 Å². The van der Waals surface area contributed by atoms with Crippen molar-refractivity contribution in [1.29, 1.82) is 0 Å². The maximum Gasteiger partial charge on any atom is 0.224 e. The number of hydrogen-bond donors (Lipinski definition) is 0. The topological polar surface area (TPSA) is 53.1 Å². The van der Waals surface area contributed by atoms with Gasteiger partial charge in [-0.05, 0) is 31.0 Å². The quantitative estimate of drug-likeness (QED) is 0.744. The highest BCUT2D eigenvalue weighted by Crippen LogP contribution is 2.21. The maximum atomic E-state index is 12.6. The molecule has 27 heavy (non-hydrogen) atoms. The summed E-state index contributed by atoms with van der Waals surface area (Å²) in [5.74, 6) is 0.114. The fourth-order valence-corrected chi connectivity index (χ4v) is 3.87. The molecule has 1 aromatic rings. The van der Waals surface area contributed by atoms with Gasteiger partial charge in [0, 0.05) is 69.9 Å². The van der Waals surface area contributed by atoms with Gasteiger partial charge in [0.2, 0.25) is 11.8 Å². The van der Waals surface area contributed by atoms with E-state index in [0.717, 1.165) is 43.2 Å². The third kappa shape index (κ3) is 5.59. The van der Waals surface area contributed by atoms with E-state index in [1.54, 1.807) is 11.8 Å². The summed E-state index contributed by atoms with van der Waals surface area (Å²) in [6, 6.07) is 7.80. The van der Waals surface area contributed by atoms with Crippen molar-refractivity contribution in [3.05, 3.63) is 29.3 Å². The zero-order valence-corrected chi connectivity index (χ0v) is 16.7. The molecular formula is C20H28ClN3O3. The fourth-order valence-electron chi connectivity index (χ4n) is 3.69. The van der Waals surface area contributed by atoms with E-state index >= 15 is 0 Å². The van der Waals surface area contributed by atoms with Crippen LogP contribution in [0.15, 0.2) is 24.3 Å². The summed E-state index contributed by atoms with van der Waals surface area (Å²) >= 11 is 6.07. The average molecular weight is 394 g/mol. The Morgan fingerprint density at radius 3 is 2.67 bits per heavy atom. The molecule has 0 saturated carbocycles. The van der Waals surface area contributed by atoms with Crippen LogP contribution in [0.3, 0.4) is 0 Å². The normalized spacial score (nSPS) is 20.0. The van der Waals surface area contributed by atoms with Gasteiger partial charge in [-0.2, -0.15) is 0 Å². The van der Waals surface area contributed by atoms with E-state index in [9.17, 15) is 9.59 Å². The van der Waals surface area contributed by atoms with Crippen LogP contribution in [-0.4, -0.2) is 73.6 Å². The molecule has 2 amide bonds. The number of rotatable bonds is 6. The van der Waals surface area contributed by atoms with Gasteiger partial charge in [0.15, 0.2) is 0 Å². The van der Waals surface area contributed by atoms with Gasteiger partial charge in [-0.25, -0.2) is 0 Å². The SMILES string of the molecule is CC(=O)N(CCC(=O)N1CCN(c2cccc(Cl)c2)CC1)CC1CCCO1. The summed E-state index contributed by atoms with van der Waals surface area (Å²) in [6.45, 7) is 6.34. The summed E-state index contributed by atoms with van der Waals surface area (Å²) in [5, 5.41) is 0.724. The van der Waals surface area contributed by atoms with E-state index in [2.05, 4.69) is 4.90 Å². The van der Waals surface area contributed by atoms with E-state index < -0.39 is 0 Å². The van der Waals surface area contributed by atoms with E-state index in [-0.39, 0.29) is 17.9 Å². The van der Waals surface area contributed by atoms with Crippen LogP contribution in [-0.2, 0) is 14.3 Å². The monoisotopic (exact) mass is 393 g/mol. The van der Waals surface area contributed by atoms with Crippen molar-refractivity contribution in [2.75, 3.05) is 50.8 Å². The molecule has 6 nitrogen and oxygen atoms in total. The number of anilines is 1. The Labute approximate surface area is 166 Å². The predicted molar refractivity (Wildman–Crippen MR) is 106 cm³/mol. The van der Waals surface area contributed by atoms with Crippen LogP contribution in [0.4, 0.5) is 5.69 Å². The molecule has 0 N–H and O–H groups in total. The molecule has 0 aromatic heterocycles. The zero-order chi connectivity index (χ0) is 19.2. The Morgan fingerprint density at radius 2 is 2.04 bits per heavy atom. The second kappa shape index (κ2) is 9.42. The number of carbonyl (C=O) groups excluding carboxylic acids is 2. The van der Waals surface area contributed by atoms with Crippen molar-refractivity contribution < 1.29 is 14.3 Å². The Balaban J connectivity index is 1.45. The standard InChI is InChI=1S/C20H28ClN3O3/c1-16(25)24(15-19-6-3-13-27-19)8-7-20(26)23-11-9-22(10-12-23)18-5-2-4-17(21)14-18/h2,4-5,14,19H,3,6-13,15H2,1H3. The zero-order valence-electron chi connectivity index (χ0n) is 15.9. The maximum absolute atomic E-state index is 12.6. The van der Waals surface area contributed by atoms with Gasteiger partial charge >= 0.3 is 0 Å². The number of carbonyl (C=O) groups is 2. The molecule has 0 radical (unpaired) electrons. The number of hydrogen-bond acceptors (Lipinski definition) is 4. The van der Waals surface area contributed by atoms with Gasteiger partial charge in [-0.15, -0.1) is 0 Å². The van der Waals surface area contributed by atoms with Crippen molar-refractivity contribution >= 4 is 29.1 Å². The Bertz CT molecular complexity index is 656. The van der Waals surface area contributed by atoms with Crippen LogP contribution in [0.5, 0.6) is 0 Å². The van der Waals surface area contributed by atoms with Gasteiger partial charge in [-0.3, -0.25) is 9.59 Å². The smallest absolute Gasteiger partial charge is 0.224 e. The lowest BCUT2D eigenvalue weighted by Gasteiger charge is -2.36. The lowest BCUT2D eigenvalue weighted by atomic mass is 10.2. The Hall–Kier alpha value is -1.79. The molecule has 2 aliphatic heterocycles. The van der Waals surface area contributed by atoms with Crippen molar-refractivity contribution in [3.8, 4) is 0 Å². The van der Waals surface area contributed by atoms with Crippen molar-refractivity contribution in [1.82, 2.24) is 9.80 Å². The van der Waals surface area contributed by atoms with Crippen LogP contribution in [0.25, 0.3) is 0 Å². The Morgan fingerprint density at radius 1 is 1.26 bits per heavy atom. The number of halogens is 1. The number of benzene rings is 1. The number of piperazine rings is 1. The van der Waals surface area contributed by atoms with Crippen LogP contribution in [0, 0.1) is 0 Å². The average Bonchev–Trinajstić information content (AvgIpc) is 3.18. The molecule has 148 valence electrons. The molecule has 0 spiro atoms. The number of nitrogens with zero attached hydrogens (tertiary/aromatic N) is 3. The first-order chi connectivity index (χ1) is 13.0. The fraction of sp³-hybridized carbons (Fsp3) is 0.600. The lowest BCUT2D eigenvalue weighted by Crippen LogP contribution is -2.49. The van der Waals surface area contributed by atoms with E-state index in [0.29, 0.717) is 32.6 Å². The van der Waals surface area contributed by atoms with Crippen LogP contribution < -0.4 is 4.90 Å². The van der Waals surface area contributed by atoms with Gasteiger partial charge in [0.1, 0.15) is 0 Å². The second-order valence-corrected chi connectivity index (χ2v) is 7.63. The molecule has 1 aromatic carbocycles. The summed E-state index contributed by atoms with van der Waals surface area (Å²) in [7, 11) is 0. The third-order valence-corrected chi connectivity index (χ3v) is 5.53. The first-order valence-corrected chi connectivity index (χ1v) is 10.1. The van der Waals surface area contributed by atoms with Crippen molar-refractivity contribution in [2.45, 2.75) is 32.3 Å². The van der Waals surface area contributed by atoms with Crippen molar-refractivity contribution in [3.63, 3.8) is 0 Å². The third-order valence-electron chi connectivity index (χ3n) is 5.29.